The van der Waals surface area contributed by atoms with Crippen LogP contribution in [0.2, 0.25) is 0 Å². The van der Waals surface area contributed by atoms with Gasteiger partial charge >= 0.3 is 0 Å². The summed E-state index contributed by atoms with van der Waals surface area (Å²) in [4.78, 5) is 25.1. The molecule has 0 aliphatic heterocycles. The third-order valence-corrected chi connectivity index (χ3v) is 4.25. The highest BCUT2D eigenvalue weighted by Gasteiger charge is 2.21. The van der Waals surface area contributed by atoms with Crippen LogP contribution in [0.5, 0.6) is 0 Å². The summed E-state index contributed by atoms with van der Waals surface area (Å²) in [5.41, 5.74) is 1.42. The normalized spacial score (nSPS) is 13.4. The van der Waals surface area contributed by atoms with E-state index in [2.05, 4.69) is 5.32 Å². The van der Waals surface area contributed by atoms with E-state index in [1.54, 1.807) is 36.4 Å². The molecule has 2 aromatic rings. The number of hydrogen-bond acceptors (Lipinski definition) is 3. The van der Waals surface area contributed by atoms with Gasteiger partial charge in [-0.1, -0.05) is 48.5 Å². The van der Waals surface area contributed by atoms with Crippen LogP contribution in [0.25, 0.3) is 0 Å². The minimum absolute atomic E-state index is 0.140. The van der Waals surface area contributed by atoms with E-state index in [9.17, 15) is 9.59 Å². The van der Waals surface area contributed by atoms with Gasteiger partial charge in [0.1, 0.15) is 0 Å². The van der Waals surface area contributed by atoms with Crippen LogP contribution in [-0.4, -0.2) is 31.4 Å². The number of benzene rings is 2. The highest BCUT2D eigenvalue weighted by atomic mass is 16.5. The van der Waals surface area contributed by atoms with Gasteiger partial charge in [0, 0.05) is 30.9 Å². The molecule has 0 unspecified atom stereocenters. The highest BCUT2D eigenvalue weighted by molar-refractivity contribution is 6.15. The Morgan fingerprint density at radius 3 is 2.36 bits per heavy atom. The molecule has 0 saturated heterocycles. The fraction of sp³-hybridized carbons (Fsp3) is 0.333. The van der Waals surface area contributed by atoms with E-state index in [0.29, 0.717) is 29.8 Å². The topological polar surface area (TPSA) is 55.4 Å². The van der Waals surface area contributed by atoms with Crippen LogP contribution in [0.4, 0.5) is 0 Å². The number of nitrogens with one attached hydrogen (secondary N) is 1. The number of carbonyl (C=O) groups excluding carboxylic acids is 2. The average molecular weight is 337 g/mol. The Hall–Kier alpha value is -2.46. The van der Waals surface area contributed by atoms with Crippen LogP contribution in [0.15, 0.2) is 54.6 Å². The molecule has 0 atom stereocenters. The van der Waals surface area contributed by atoms with E-state index < -0.39 is 0 Å². The van der Waals surface area contributed by atoms with Crippen LogP contribution in [0.1, 0.15) is 45.5 Å². The number of hydrogen-bond donors (Lipinski definition) is 1. The van der Waals surface area contributed by atoms with Crippen LogP contribution in [0, 0.1) is 5.92 Å². The first kappa shape index (κ1) is 17.4. The zero-order valence-electron chi connectivity index (χ0n) is 14.2. The maximum atomic E-state index is 12.7. The lowest BCUT2D eigenvalue weighted by Gasteiger charge is -2.10. The van der Waals surface area contributed by atoms with Gasteiger partial charge in [0.15, 0.2) is 5.78 Å². The molecule has 1 saturated carbocycles. The molecule has 0 aromatic heterocycles. The van der Waals surface area contributed by atoms with Gasteiger partial charge in [-0.2, -0.15) is 0 Å². The zero-order chi connectivity index (χ0) is 17.5. The van der Waals surface area contributed by atoms with Crippen molar-refractivity contribution in [3.63, 3.8) is 0 Å². The van der Waals surface area contributed by atoms with Crippen molar-refractivity contribution in [3.05, 3.63) is 71.3 Å². The average Bonchev–Trinajstić information content (AvgIpc) is 3.49. The van der Waals surface area contributed by atoms with E-state index in [-0.39, 0.29) is 11.7 Å². The van der Waals surface area contributed by atoms with Crippen LogP contribution in [0.3, 0.4) is 0 Å². The zero-order valence-corrected chi connectivity index (χ0v) is 14.2. The van der Waals surface area contributed by atoms with Gasteiger partial charge in [-0.25, -0.2) is 0 Å². The fourth-order valence-corrected chi connectivity index (χ4v) is 2.63. The Kier molecular flexibility index (Phi) is 5.96. The molecule has 0 bridgehead atoms. The number of amides is 1. The summed E-state index contributed by atoms with van der Waals surface area (Å²) < 4.78 is 5.56. The second kappa shape index (κ2) is 8.58. The second-order valence-corrected chi connectivity index (χ2v) is 6.37. The molecule has 1 aliphatic carbocycles. The molecule has 0 radical (unpaired) electrons. The van der Waals surface area contributed by atoms with E-state index in [1.807, 2.05) is 18.2 Å². The summed E-state index contributed by atoms with van der Waals surface area (Å²) in [7, 11) is 0. The number of ketones is 1. The summed E-state index contributed by atoms with van der Waals surface area (Å²) >= 11 is 0. The third-order valence-electron chi connectivity index (χ3n) is 4.25. The molecule has 0 heterocycles. The largest absolute Gasteiger partial charge is 0.381 e. The Balaban J connectivity index is 1.55. The van der Waals surface area contributed by atoms with Gasteiger partial charge < -0.3 is 10.1 Å². The van der Waals surface area contributed by atoms with Crippen molar-refractivity contribution in [3.8, 4) is 0 Å². The quantitative estimate of drug-likeness (QED) is 0.563. The van der Waals surface area contributed by atoms with Crippen molar-refractivity contribution in [2.24, 2.45) is 5.92 Å². The van der Waals surface area contributed by atoms with E-state index in [0.717, 1.165) is 18.9 Å². The second-order valence-electron chi connectivity index (χ2n) is 6.37. The predicted octanol–water partition coefficient (Wildman–Crippen LogP) is 3.46. The molecule has 1 N–H and O–H groups in total. The molecular formula is C21H23NO3. The maximum Gasteiger partial charge on any atom is 0.252 e. The number of rotatable bonds is 9. The van der Waals surface area contributed by atoms with E-state index in [4.69, 9.17) is 4.74 Å². The van der Waals surface area contributed by atoms with E-state index in [1.165, 1.54) is 12.8 Å². The molecule has 1 aliphatic rings. The van der Waals surface area contributed by atoms with Crippen molar-refractivity contribution < 1.29 is 14.3 Å². The summed E-state index contributed by atoms with van der Waals surface area (Å²) in [6.45, 7) is 2.03. The molecule has 2 aromatic carbocycles. The van der Waals surface area contributed by atoms with Crippen LogP contribution < -0.4 is 5.32 Å². The highest BCUT2D eigenvalue weighted by Crippen LogP contribution is 2.28. The Morgan fingerprint density at radius 2 is 1.64 bits per heavy atom. The standard InChI is InChI=1S/C21H23NO3/c23-20(17-7-2-1-3-8-17)18-9-4-5-10-19(18)21(24)22-13-6-14-25-15-16-11-12-16/h1-5,7-10,16H,6,11-15H2,(H,22,24). The van der Waals surface area contributed by atoms with Gasteiger partial charge in [-0.05, 0) is 31.2 Å². The van der Waals surface area contributed by atoms with Crippen LogP contribution >= 0.6 is 0 Å². The number of ether oxygens (including phenoxy) is 1. The lowest BCUT2D eigenvalue weighted by Crippen LogP contribution is -2.27. The first-order valence-electron chi connectivity index (χ1n) is 8.80. The van der Waals surface area contributed by atoms with Crippen LogP contribution in [-0.2, 0) is 4.74 Å². The molecule has 1 amide bonds. The molecule has 3 rings (SSSR count). The van der Waals surface area contributed by atoms with Gasteiger partial charge in [-0.3, -0.25) is 9.59 Å². The van der Waals surface area contributed by atoms with Gasteiger partial charge in [0.05, 0.1) is 5.56 Å². The maximum absolute atomic E-state index is 12.7. The SMILES string of the molecule is O=C(NCCCOCC1CC1)c1ccccc1C(=O)c1ccccc1. The Morgan fingerprint density at radius 1 is 0.960 bits per heavy atom. The summed E-state index contributed by atoms with van der Waals surface area (Å²) in [5.74, 6) is 0.395. The molecule has 4 heteroatoms. The Bertz CT molecular complexity index is 723. The molecular weight excluding hydrogens is 314 g/mol. The van der Waals surface area contributed by atoms with Crippen molar-refractivity contribution in [1.82, 2.24) is 5.32 Å². The lowest BCUT2D eigenvalue weighted by atomic mass is 9.98. The summed E-state index contributed by atoms with van der Waals surface area (Å²) in [6.07, 6.45) is 3.33. The van der Waals surface area contributed by atoms with E-state index >= 15 is 0 Å². The fourth-order valence-electron chi connectivity index (χ4n) is 2.63. The lowest BCUT2D eigenvalue weighted by molar-refractivity contribution is 0.0927. The van der Waals surface area contributed by atoms with Crippen molar-refractivity contribution in [2.75, 3.05) is 19.8 Å². The monoisotopic (exact) mass is 337 g/mol. The summed E-state index contributed by atoms with van der Waals surface area (Å²) in [6, 6.07) is 15.9. The molecule has 130 valence electrons. The molecule has 1 fully saturated rings. The van der Waals surface area contributed by atoms with Crippen molar-refractivity contribution in [2.45, 2.75) is 19.3 Å². The van der Waals surface area contributed by atoms with Gasteiger partial charge in [0.25, 0.3) is 5.91 Å². The first-order valence-corrected chi connectivity index (χ1v) is 8.80. The first-order chi connectivity index (χ1) is 12.3. The summed E-state index contributed by atoms with van der Waals surface area (Å²) in [5, 5.41) is 2.88. The smallest absolute Gasteiger partial charge is 0.252 e. The van der Waals surface area contributed by atoms with Gasteiger partial charge in [-0.15, -0.1) is 0 Å². The molecule has 25 heavy (non-hydrogen) atoms. The van der Waals surface area contributed by atoms with Gasteiger partial charge in [0.2, 0.25) is 0 Å². The molecule has 0 spiro atoms. The Labute approximate surface area is 148 Å². The minimum Gasteiger partial charge on any atom is -0.381 e. The number of carbonyl (C=O) groups is 2. The van der Waals surface area contributed by atoms with Crippen molar-refractivity contribution in [1.29, 1.82) is 0 Å². The minimum atomic E-state index is -0.220. The van der Waals surface area contributed by atoms with Crippen molar-refractivity contribution >= 4 is 11.7 Å². The third kappa shape index (κ3) is 5.00. The predicted molar refractivity (Wildman–Crippen MR) is 96.8 cm³/mol. The molecule has 4 nitrogen and oxygen atoms in total.